The van der Waals surface area contributed by atoms with Crippen molar-refractivity contribution in [1.29, 1.82) is 0 Å². The molecule has 1 unspecified atom stereocenters. The minimum atomic E-state index is -0.556. The molecule has 1 fully saturated rings. The predicted molar refractivity (Wildman–Crippen MR) is 56.3 cm³/mol. The maximum atomic E-state index is 13.6. The van der Waals surface area contributed by atoms with E-state index in [4.69, 9.17) is 9.47 Å². The van der Waals surface area contributed by atoms with Crippen LogP contribution in [-0.2, 0) is 4.74 Å². The van der Waals surface area contributed by atoms with Gasteiger partial charge in [-0.25, -0.2) is 4.39 Å². The van der Waals surface area contributed by atoms with E-state index in [0.29, 0.717) is 18.8 Å². The quantitative estimate of drug-likeness (QED) is 0.738. The fourth-order valence-corrected chi connectivity index (χ4v) is 1.78. The highest BCUT2D eigenvalue weighted by Crippen LogP contribution is 2.22. The molecule has 1 atom stereocenters. The normalized spacial score (nSPS) is 19.8. The Labute approximate surface area is 93.2 Å². The van der Waals surface area contributed by atoms with E-state index in [1.807, 2.05) is 0 Å². The minimum absolute atomic E-state index is 0.0766. The highest BCUT2D eigenvalue weighted by atomic mass is 19.1. The van der Waals surface area contributed by atoms with Gasteiger partial charge in [0.25, 0.3) is 0 Å². The number of carbonyl (C=O) groups is 1. The van der Waals surface area contributed by atoms with Crippen molar-refractivity contribution in [2.75, 3.05) is 13.7 Å². The Morgan fingerprint density at radius 3 is 2.94 bits per heavy atom. The van der Waals surface area contributed by atoms with Crippen LogP contribution in [0.2, 0.25) is 0 Å². The van der Waals surface area contributed by atoms with Crippen molar-refractivity contribution in [2.24, 2.45) is 0 Å². The zero-order valence-electron chi connectivity index (χ0n) is 9.03. The molecule has 86 valence electrons. The van der Waals surface area contributed by atoms with Crippen molar-refractivity contribution in [1.82, 2.24) is 0 Å². The summed E-state index contributed by atoms with van der Waals surface area (Å²) in [5.74, 6) is -0.432. The predicted octanol–water partition coefficient (Wildman–Crippen LogP) is 2.20. The van der Waals surface area contributed by atoms with Crippen LogP contribution in [0.5, 0.6) is 5.75 Å². The highest BCUT2D eigenvalue weighted by molar-refractivity contribution is 5.99. The summed E-state index contributed by atoms with van der Waals surface area (Å²) in [4.78, 5) is 11.9. The maximum absolute atomic E-state index is 13.6. The first-order chi connectivity index (χ1) is 7.72. The molecule has 0 saturated carbocycles. The van der Waals surface area contributed by atoms with Gasteiger partial charge in [0, 0.05) is 12.7 Å². The van der Waals surface area contributed by atoms with Crippen LogP contribution in [0.15, 0.2) is 18.2 Å². The van der Waals surface area contributed by atoms with Crippen LogP contribution >= 0.6 is 0 Å². The van der Waals surface area contributed by atoms with Gasteiger partial charge in [-0.2, -0.15) is 0 Å². The molecule has 2 rings (SSSR count). The molecule has 16 heavy (non-hydrogen) atoms. The molecule has 0 spiro atoms. The van der Waals surface area contributed by atoms with Crippen LogP contribution in [0.1, 0.15) is 23.2 Å². The van der Waals surface area contributed by atoms with Crippen molar-refractivity contribution >= 4 is 5.78 Å². The Hall–Kier alpha value is -1.42. The molecule has 1 saturated heterocycles. The van der Waals surface area contributed by atoms with Crippen molar-refractivity contribution in [3.63, 3.8) is 0 Å². The van der Waals surface area contributed by atoms with Crippen molar-refractivity contribution in [3.8, 4) is 5.75 Å². The van der Waals surface area contributed by atoms with Crippen LogP contribution in [0.3, 0.4) is 0 Å². The van der Waals surface area contributed by atoms with Crippen LogP contribution in [-0.4, -0.2) is 25.6 Å². The zero-order chi connectivity index (χ0) is 11.5. The second-order valence-corrected chi connectivity index (χ2v) is 3.71. The number of hydrogen-bond acceptors (Lipinski definition) is 3. The standard InChI is InChI=1S/C12H13FO3/c1-15-8-4-5-9(10(13)7-8)12(14)11-3-2-6-16-11/h4-5,7,11H,2-3,6H2,1H3. The molecule has 1 aromatic carbocycles. The molecule has 1 aliphatic heterocycles. The van der Waals surface area contributed by atoms with E-state index in [1.54, 1.807) is 6.07 Å². The summed E-state index contributed by atoms with van der Waals surface area (Å²) in [6.45, 7) is 0.578. The minimum Gasteiger partial charge on any atom is -0.497 e. The maximum Gasteiger partial charge on any atom is 0.194 e. The largest absolute Gasteiger partial charge is 0.497 e. The van der Waals surface area contributed by atoms with E-state index in [2.05, 4.69) is 0 Å². The number of halogens is 1. The molecule has 3 nitrogen and oxygen atoms in total. The van der Waals surface area contributed by atoms with Crippen LogP contribution in [0.4, 0.5) is 4.39 Å². The monoisotopic (exact) mass is 224 g/mol. The van der Waals surface area contributed by atoms with Crippen molar-refractivity contribution < 1.29 is 18.7 Å². The number of carbonyl (C=O) groups excluding carboxylic acids is 1. The third-order valence-electron chi connectivity index (χ3n) is 2.66. The summed E-state index contributed by atoms with van der Waals surface area (Å²) in [6.07, 6.45) is 1.04. The lowest BCUT2D eigenvalue weighted by Gasteiger charge is -2.09. The Morgan fingerprint density at radius 1 is 1.56 bits per heavy atom. The molecule has 0 amide bonds. The van der Waals surface area contributed by atoms with Crippen molar-refractivity contribution in [3.05, 3.63) is 29.6 Å². The number of ether oxygens (including phenoxy) is 2. The Balaban J connectivity index is 2.22. The average Bonchev–Trinajstić information content (AvgIpc) is 2.81. The summed E-state index contributed by atoms with van der Waals surface area (Å²) >= 11 is 0. The molecular weight excluding hydrogens is 211 g/mol. The first kappa shape index (κ1) is 11.1. The summed E-state index contributed by atoms with van der Waals surface area (Å²) in [5, 5.41) is 0. The molecule has 1 aliphatic rings. The number of hydrogen-bond donors (Lipinski definition) is 0. The first-order valence-electron chi connectivity index (χ1n) is 5.21. The molecule has 1 heterocycles. The number of benzene rings is 1. The fourth-order valence-electron chi connectivity index (χ4n) is 1.78. The number of Topliss-reactive ketones (excluding diaryl/α,β-unsaturated/α-hetero) is 1. The van der Waals surface area contributed by atoms with Gasteiger partial charge in [0.1, 0.15) is 17.7 Å². The van der Waals surface area contributed by atoms with Gasteiger partial charge < -0.3 is 9.47 Å². The third kappa shape index (κ3) is 2.07. The molecule has 0 aliphatic carbocycles. The first-order valence-corrected chi connectivity index (χ1v) is 5.21. The molecule has 4 heteroatoms. The average molecular weight is 224 g/mol. The van der Waals surface area contributed by atoms with E-state index in [0.717, 1.165) is 6.42 Å². The lowest BCUT2D eigenvalue weighted by molar-refractivity contribution is 0.0638. The van der Waals surface area contributed by atoms with Gasteiger partial charge in [-0.1, -0.05) is 0 Å². The molecular formula is C12H13FO3. The molecule has 0 N–H and O–H groups in total. The van der Waals surface area contributed by atoms with Gasteiger partial charge in [-0.3, -0.25) is 4.79 Å². The summed E-state index contributed by atoms with van der Waals surface area (Å²) in [6, 6.07) is 4.23. The van der Waals surface area contributed by atoms with Crippen LogP contribution < -0.4 is 4.74 Å². The summed E-state index contributed by atoms with van der Waals surface area (Å²) < 4.78 is 23.7. The fraction of sp³-hybridized carbons (Fsp3) is 0.417. The lowest BCUT2D eigenvalue weighted by atomic mass is 10.0. The highest BCUT2D eigenvalue weighted by Gasteiger charge is 2.26. The third-order valence-corrected chi connectivity index (χ3v) is 2.66. The van der Waals surface area contributed by atoms with Gasteiger partial charge in [0.2, 0.25) is 0 Å². The van der Waals surface area contributed by atoms with Crippen molar-refractivity contribution in [2.45, 2.75) is 18.9 Å². The summed E-state index contributed by atoms with van der Waals surface area (Å²) in [7, 11) is 1.45. The van der Waals surface area contributed by atoms with Gasteiger partial charge in [0.15, 0.2) is 5.78 Å². The molecule has 0 radical (unpaired) electrons. The van der Waals surface area contributed by atoms with Gasteiger partial charge >= 0.3 is 0 Å². The Morgan fingerprint density at radius 2 is 2.38 bits per heavy atom. The second-order valence-electron chi connectivity index (χ2n) is 3.71. The summed E-state index contributed by atoms with van der Waals surface area (Å²) in [5.41, 5.74) is 0.0766. The topological polar surface area (TPSA) is 35.5 Å². The number of methoxy groups -OCH3 is 1. The molecule has 0 bridgehead atoms. The van der Waals surface area contributed by atoms with E-state index in [-0.39, 0.29) is 11.3 Å². The van der Waals surface area contributed by atoms with E-state index in [9.17, 15) is 9.18 Å². The SMILES string of the molecule is COc1ccc(C(=O)C2CCCO2)c(F)c1. The van der Waals surface area contributed by atoms with E-state index < -0.39 is 11.9 Å². The second kappa shape index (κ2) is 4.61. The smallest absolute Gasteiger partial charge is 0.194 e. The van der Waals surface area contributed by atoms with Gasteiger partial charge in [0.05, 0.1) is 12.7 Å². The van der Waals surface area contributed by atoms with E-state index >= 15 is 0 Å². The van der Waals surface area contributed by atoms with Gasteiger partial charge in [-0.15, -0.1) is 0 Å². The number of rotatable bonds is 3. The lowest BCUT2D eigenvalue weighted by Crippen LogP contribution is -2.20. The van der Waals surface area contributed by atoms with Crippen LogP contribution in [0.25, 0.3) is 0 Å². The van der Waals surface area contributed by atoms with Gasteiger partial charge in [-0.05, 0) is 25.0 Å². The number of ketones is 1. The zero-order valence-corrected chi connectivity index (χ0v) is 9.03. The molecule has 1 aromatic rings. The Bertz CT molecular complexity index is 397. The van der Waals surface area contributed by atoms with E-state index in [1.165, 1.54) is 19.2 Å². The Kier molecular flexibility index (Phi) is 3.19. The molecule has 0 aromatic heterocycles. The van der Waals surface area contributed by atoms with Crippen LogP contribution in [0, 0.1) is 5.82 Å².